The van der Waals surface area contributed by atoms with Gasteiger partial charge in [0.1, 0.15) is 0 Å². The number of ether oxygens (including phenoxy) is 1. The van der Waals surface area contributed by atoms with Crippen LogP contribution in [0.3, 0.4) is 0 Å². The molecule has 3 aromatic carbocycles. The number of anilines is 3. The predicted molar refractivity (Wildman–Crippen MR) is 128 cm³/mol. The lowest BCUT2D eigenvalue weighted by atomic mass is 9.99. The van der Waals surface area contributed by atoms with Crippen LogP contribution in [0.1, 0.15) is 11.1 Å². The molecule has 0 unspecified atom stereocenters. The second-order valence-corrected chi connectivity index (χ2v) is 7.83. The van der Waals surface area contributed by atoms with Gasteiger partial charge in [-0.1, -0.05) is 30.3 Å². The first-order chi connectivity index (χ1) is 16.1. The van der Waals surface area contributed by atoms with Crippen molar-refractivity contribution in [3.05, 3.63) is 94.0 Å². The molecule has 3 aromatic rings. The average Bonchev–Trinajstić information content (AvgIpc) is 3.18. The van der Waals surface area contributed by atoms with Crippen LogP contribution >= 0.6 is 0 Å². The molecule has 2 aliphatic rings. The Bertz CT molecular complexity index is 1230. The zero-order valence-electron chi connectivity index (χ0n) is 17.8. The van der Waals surface area contributed by atoms with E-state index in [9.17, 15) is 14.9 Å². The number of amides is 1. The molecule has 0 saturated carbocycles. The third-order valence-corrected chi connectivity index (χ3v) is 5.78. The van der Waals surface area contributed by atoms with Gasteiger partial charge >= 0.3 is 0 Å². The van der Waals surface area contributed by atoms with Gasteiger partial charge in [0.15, 0.2) is 0 Å². The Morgan fingerprint density at radius 1 is 1.00 bits per heavy atom. The van der Waals surface area contributed by atoms with E-state index < -0.39 is 4.92 Å². The molecular formula is C25H22N4O4. The highest BCUT2D eigenvalue weighted by atomic mass is 16.6. The van der Waals surface area contributed by atoms with E-state index >= 15 is 0 Å². The van der Waals surface area contributed by atoms with Gasteiger partial charge in [-0.3, -0.25) is 14.9 Å². The number of non-ortho nitro benzene ring substituents is 1. The number of hydrogen-bond donors (Lipinski definition) is 2. The average molecular weight is 442 g/mol. The van der Waals surface area contributed by atoms with Gasteiger partial charge in [0.2, 0.25) is 0 Å². The number of nitrogens with zero attached hydrogens (tertiary/aromatic N) is 2. The molecule has 0 aliphatic carbocycles. The fraction of sp³-hybridized carbons (Fsp3) is 0.160. The Morgan fingerprint density at radius 3 is 2.42 bits per heavy atom. The van der Waals surface area contributed by atoms with E-state index in [4.69, 9.17) is 4.74 Å². The molecule has 166 valence electrons. The van der Waals surface area contributed by atoms with Crippen LogP contribution < -0.4 is 15.5 Å². The van der Waals surface area contributed by atoms with E-state index in [-0.39, 0.29) is 11.6 Å². The first-order valence-corrected chi connectivity index (χ1v) is 10.7. The van der Waals surface area contributed by atoms with E-state index in [0.29, 0.717) is 35.7 Å². The van der Waals surface area contributed by atoms with Crippen molar-refractivity contribution in [2.24, 2.45) is 0 Å². The van der Waals surface area contributed by atoms with Crippen molar-refractivity contribution in [3.63, 3.8) is 0 Å². The molecule has 0 bridgehead atoms. The largest absolute Gasteiger partial charge is 0.378 e. The summed E-state index contributed by atoms with van der Waals surface area (Å²) in [6, 6.07) is 21.9. The Morgan fingerprint density at radius 2 is 1.73 bits per heavy atom. The van der Waals surface area contributed by atoms with Crippen molar-refractivity contribution < 1.29 is 14.5 Å². The minimum Gasteiger partial charge on any atom is -0.378 e. The van der Waals surface area contributed by atoms with Crippen molar-refractivity contribution in [1.82, 2.24) is 0 Å². The smallest absolute Gasteiger partial charge is 0.270 e. The summed E-state index contributed by atoms with van der Waals surface area (Å²) >= 11 is 0. The number of morpholine rings is 1. The van der Waals surface area contributed by atoms with E-state index in [1.54, 1.807) is 6.07 Å². The molecule has 5 rings (SSSR count). The normalized spacial score (nSPS) is 16.7. The van der Waals surface area contributed by atoms with Gasteiger partial charge in [0, 0.05) is 47.8 Å². The van der Waals surface area contributed by atoms with Crippen molar-refractivity contribution in [1.29, 1.82) is 0 Å². The molecule has 0 radical (unpaired) electrons. The van der Waals surface area contributed by atoms with Crippen LogP contribution in [0.15, 0.2) is 72.8 Å². The lowest BCUT2D eigenvalue weighted by molar-refractivity contribution is -0.384. The summed E-state index contributed by atoms with van der Waals surface area (Å²) in [5, 5.41) is 17.6. The van der Waals surface area contributed by atoms with Gasteiger partial charge < -0.3 is 20.3 Å². The standard InChI is InChI=1S/C25H22N4O4/c30-25-23(21-16-20(29(31)32)10-11-22(21)27-25)24(17-4-2-1-3-5-17)26-18-6-8-19(9-7-18)28-12-14-33-15-13-28/h1-11,16,26H,12-15H2,(H,27,30)/b24-23-. The van der Waals surface area contributed by atoms with Crippen LogP contribution in [-0.4, -0.2) is 37.1 Å². The highest BCUT2D eigenvalue weighted by molar-refractivity contribution is 6.37. The van der Waals surface area contributed by atoms with Crippen LogP contribution in [-0.2, 0) is 9.53 Å². The summed E-state index contributed by atoms with van der Waals surface area (Å²) < 4.78 is 5.43. The lowest BCUT2D eigenvalue weighted by Crippen LogP contribution is -2.36. The van der Waals surface area contributed by atoms with E-state index in [1.165, 1.54) is 12.1 Å². The molecule has 8 heteroatoms. The zero-order valence-corrected chi connectivity index (χ0v) is 17.8. The topological polar surface area (TPSA) is 96.7 Å². The van der Waals surface area contributed by atoms with Crippen LogP contribution in [0.2, 0.25) is 0 Å². The minimum absolute atomic E-state index is 0.0648. The van der Waals surface area contributed by atoms with Gasteiger partial charge in [-0.25, -0.2) is 0 Å². The van der Waals surface area contributed by atoms with Crippen molar-refractivity contribution in [2.75, 3.05) is 41.8 Å². The molecule has 33 heavy (non-hydrogen) atoms. The van der Waals surface area contributed by atoms with Crippen LogP contribution in [0.25, 0.3) is 11.3 Å². The molecule has 0 spiro atoms. The molecule has 2 N–H and O–H groups in total. The first kappa shape index (κ1) is 20.7. The van der Waals surface area contributed by atoms with Crippen molar-refractivity contribution >= 4 is 39.9 Å². The maximum absolute atomic E-state index is 13.0. The van der Waals surface area contributed by atoms with Gasteiger partial charge in [-0.15, -0.1) is 0 Å². The third-order valence-electron chi connectivity index (χ3n) is 5.78. The molecule has 0 aromatic heterocycles. The number of carbonyl (C=O) groups excluding carboxylic acids is 1. The summed E-state index contributed by atoms with van der Waals surface area (Å²) in [5.41, 5.74) is 4.68. The third kappa shape index (κ3) is 4.16. The molecular weight excluding hydrogens is 420 g/mol. The maximum atomic E-state index is 13.0. The molecule has 2 aliphatic heterocycles. The quantitative estimate of drug-likeness (QED) is 0.346. The summed E-state index contributed by atoms with van der Waals surface area (Å²) in [6.07, 6.45) is 0. The Labute approximate surface area is 190 Å². The summed E-state index contributed by atoms with van der Waals surface area (Å²) in [7, 11) is 0. The minimum atomic E-state index is -0.458. The second kappa shape index (κ2) is 8.76. The fourth-order valence-corrected chi connectivity index (χ4v) is 4.12. The van der Waals surface area contributed by atoms with Crippen molar-refractivity contribution in [2.45, 2.75) is 0 Å². The molecule has 1 saturated heterocycles. The van der Waals surface area contributed by atoms with Crippen LogP contribution in [0, 0.1) is 10.1 Å². The van der Waals surface area contributed by atoms with Gasteiger partial charge in [-0.2, -0.15) is 0 Å². The Kier molecular flexibility index (Phi) is 5.50. The van der Waals surface area contributed by atoms with Gasteiger partial charge in [0.25, 0.3) is 11.6 Å². The zero-order chi connectivity index (χ0) is 22.8. The molecule has 1 fully saturated rings. The summed E-state index contributed by atoms with van der Waals surface area (Å²) in [4.78, 5) is 26.1. The highest BCUT2D eigenvalue weighted by Crippen LogP contribution is 2.39. The number of nitro benzene ring substituents is 1. The number of nitrogens with one attached hydrogen (secondary N) is 2. The Hall–Kier alpha value is -4.17. The fourth-order valence-electron chi connectivity index (χ4n) is 4.12. The number of hydrogen-bond acceptors (Lipinski definition) is 6. The van der Waals surface area contributed by atoms with E-state index in [2.05, 4.69) is 15.5 Å². The second-order valence-electron chi connectivity index (χ2n) is 7.83. The van der Waals surface area contributed by atoms with Crippen LogP contribution in [0.5, 0.6) is 0 Å². The van der Waals surface area contributed by atoms with Crippen molar-refractivity contribution in [3.8, 4) is 0 Å². The number of carbonyl (C=O) groups is 1. The Balaban J connectivity index is 1.56. The SMILES string of the molecule is O=C1Nc2ccc([N+](=O)[O-])cc2/C1=C(/Nc1ccc(N2CCOCC2)cc1)c1ccccc1. The number of fused-ring (bicyclic) bond motifs is 1. The molecule has 8 nitrogen and oxygen atoms in total. The molecule has 2 heterocycles. The monoisotopic (exact) mass is 442 g/mol. The summed E-state index contributed by atoms with van der Waals surface area (Å²) in [5.74, 6) is -0.304. The first-order valence-electron chi connectivity index (χ1n) is 10.7. The van der Waals surface area contributed by atoms with Gasteiger partial charge in [0.05, 0.1) is 29.4 Å². The molecule has 1 amide bonds. The number of rotatable bonds is 5. The van der Waals surface area contributed by atoms with E-state index in [0.717, 1.165) is 30.0 Å². The summed E-state index contributed by atoms with van der Waals surface area (Å²) in [6.45, 7) is 3.12. The number of nitro groups is 1. The molecule has 0 atom stereocenters. The highest BCUT2D eigenvalue weighted by Gasteiger charge is 2.30. The number of benzene rings is 3. The van der Waals surface area contributed by atoms with E-state index in [1.807, 2.05) is 54.6 Å². The van der Waals surface area contributed by atoms with Crippen LogP contribution in [0.4, 0.5) is 22.7 Å². The predicted octanol–water partition coefficient (Wildman–Crippen LogP) is 4.36. The maximum Gasteiger partial charge on any atom is 0.270 e. The lowest BCUT2D eigenvalue weighted by Gasteiger charge is -2.29. The van der Waals surface area contributed by atoms with Gasteiger partial charge in [-0.05, 0) is 35.9 Å².